The third kappa shape index (κ3) is 3.49. The van der Waals surface area contributed by atoms with E-state index in [-0.39, 0.29) is 0 Å². The Labute approximate surface area is 99.6 Å². The summed E-state index contributed by atoms with van der Waals surface area (Å²) < 4.78 is 0. The number of hydrogen-bond donors (Lipinski definition) is 1. The van der Waals surface area contributed by atoms with Crippen molar-refractivity contribution in [1.29, 1.82) is 0 Å². The maximum absolute atomic E-state index is 3.87. The average molecular weight is 217 g/mol. The van der Waals surface area contributed by atoms with E-state index in [9.17, 15) is 0 Å². The second-order valence-corrected chi connectivity index (χ2v) is 4.41. The van der Waals surface area contributed by atoms with E-state index < -0.39 is 0 Å². The first-order valence-electron chi connectivity index (χ1n) is 6.12. The monoisotopic (exact) mass is 217 g/mol. The maximum Gasteiger partial charge on any atom is 0.0294 e. The van der Waals surface area contributed by atoms with Crippen molar-refractivity contribution in [1.82, 2.24) is 5.32 Å². The number of benzene rings is 1. The van der Waals surface area contributed by atoms with Gasteiger partial charge in [0.15, 0.2) is 0 Å². The van der Waals surface area contributed by atoms with Gasteiger partial charge in [0, 0.05) is 12.1 Å². The highest BCUT2D eigenvalue weighted by Crippen LogP contribution is 2.16. The molecule has 16 heavy (non-hydrogen) atoms. The van der Waals surface area contributed by atoms with Crippen LogP contribution in [0, 0.1) is 5.92 Å². The molecule has 0 saturated carbocycles. The van der Waals surface area contributed by atoms with Gasteiger partial charge in [-0.1, -0.05) is 50.3 Å². The summed E-state index contributed by atoms with van der Waals surface area (Å²) in [5.41, 5.74) is 1.34. The zero-order valence-corrected chi connectivity index (χ0v) is 10.6. The molecule has 0 bridgehead atoms. The Hall–Kier alpha value is -1.08. The van der Waals surface area contributed by atoms with Gasteiger partial charge in [-0.05, 0) is 24.8 Å². The number of nitrogens with one attached hydrogen (secondary N) is 1. The minimum absolute atomic E-state index is 0.397. The van der Waals surface area contributed by atoms with E-state index >= 15 is 0 Å². The molecule has 0 amide bonds. The highest BCUT2D eigenvalue weighted by Gasteiger charge is 2.15. The summed E-state index contributed by atoms with van der Waals surface area (Å²) in [5, 5.41) is 3.66. The lowest BCUT2D eigenvalue weighted by atomic mass is 9.97. The summed E-state index contributed by atoms with van der Waals surface area (Å²) in [4.78, 5) is 0. The smallest absolute Gasteiger partial charge is 0.0294 e. The normalized spacial score (nSPS) is 16.4. The molecule has 0 aromatic heterocycles. The van der Waals surface area contributed by atoms with Crippen LogP contribution in [0.5, 0.6) is 0 Å². The van der Waals surface area contributed by atoms with Gasteiger partial charge in [-0.2, -0.15) is 0 Å². The molecular weight excluding hydrogens is 194 g/mol. The van der Waals surface area contributed by atoms with E-state index in [1.807, 2.05) is 6.08 Å². The quantitative estimate of drug-likeness (QED) is 0.712. The molecule has 3 atom stereocenters. The van der Waals surface area contributed by atoms with Crippen molar-refractivity contribution in [3.05, 3.63) is 48.6 Å². The number of hydrogen-bond acceptors (Lipinski definition) is 1. The zero-order valence-electron chi connectivity index (χ0n) is 10.6. The molecule has 0 aliphatic heterocycles. The lowest BCUT2D eigenvalue weighted by Gasteiger charge is -2.26. The van der Waals surface area contributed by atoms with Gasteiger partial charge in [0.1, 0.15) is 0 Å². The highest BCUT2D eigenvalue weighted by atomic mass is 14.9. The van der Waals surface area contributed by atoms with Gasteiger partial charge in [-0.3, -0.25) is 0 Å². The minimum atomic E-state index is 0.397. The Bertz CT molecular complexity index is 304. The van der Waals surface area contributed by atoms with Gasteiger partial charge in [0.2, 0.25) is 0 Å². The molecule has 0 aliphatic rings. The maximum atomic E-state index is 3.87. The lowest BCUT2D eigenvalue weighted by Crippen LogP contribution is -2.35. The minimum Gasteiger partial charge on any atom is -0.307 e. The summed E-state index contributed by atoms with van der Waals surface area (Å²) in [6.45, 7) is 10.5. The molecule has 0 heterocycles. The summed E-state index contributed by atoms with van der Waals surface area (Å²) in [6, 6.07) is 11.5. The third-order valence-electron chi connectivity index (χ3n) is 3.21. The molecular formula is C15H23N. The van der Waals surface area contributed by atoms with Crippen molar-refractivity contribution >= 4 is 0 Å². The summed E-state index contributed by atoms with van der Waals surface area (Å²) in [6.07, 6.45) is 3.16. The molecule has 1 N–H and O–H groups in total. The van der Waals surface area contributed by atoms with Crippen LogP contribution in [0.15, 0.2) is 43.0 Å². The van der Waals surface area contributed by atoms with Crippen LogP contribution in [-0.2, 0) is 0 Å². The molecule has 0 spiro atoms. The average Bonchev–Trinajstić information content (AvgIpc) is 2.35. The van der Waals surface area contributed by atoms with Crippen LogP contribution >= 0.6 is 0 Å². The molecule has 1 heteroatoms. The van der Waals surface area contributed by atoms with Gasteiger partial charge in [0.25, 0.3) is 0 Å². The van der Waals surface area contributed by atoms with E-state index in [4.69, 9.17) is 0 Å². The highest BCUT2D eigenvalue weighted by molar-refractivity contribution is 5.18. The molecule has 0 radical (unpaired) electrons. The standard InChI is InChI=1S/C15H23N/c1-5-12(3)15(6-2)16-13(4)14-10-8-7-9-11-14/h5,7-13,15-16H,1,6H2,2-4H3/t12-,13+,15+/m0/s1. The molecule has 0 aliphatic carbocycles. The molecule has 0 saturated heterocycles. The molecule has 0 unspecified atom stereocenters. The topological polar surface area (TPSA) is 12.0 Å². The van der Waals surface area contributed by atoms with Crippen molar-refractivity contribution in [3.8, 4) is 0 Å². The molecule has 0 fully saturated rings. The van der Waals surface area contributed by atoms with Crippen molar-refractivity contribution in [2.45, 2.75) is 39.3 Å². The largest absolute Gasteiger partial charge is 0.307 e. The van der Waals surface area contributed by atoms with Crippen molar-refractivity contribution in [2.75, 3.05) is 0 Å². The third-order valence-corrected chi connectivity index (χ3v) is 3.21. The van der Waals surface area contributed by atoms with Crippen LogP contribution in [-0.4, -0.2) is 6.04 Å². The van der Waals surface area contributed by atoms with Gasteiger partial charge < -0.3 is 5.32 Å². The van der Waals surface area contributed by atoms with Crippen molar-refractivity contribution in [3.63, 3.8) is 0 Å². The van der Waals surface area contributed by atoms with Crippen LogP contribution in [0.4, 0.5) is 0 Å². The van der Waals surface area contributed by atoms with Gasteiger partial charge in [0.05, 0.1) is 0 Å². The first kappa shape index (κ1) is 13.0. The zero-order chi connectivity index (χ0) is 12.0. The van der Waals surface area contributed by atoms with Crippen molar-refractivity contribution in [2.24, 2.45) is 5.92 Å². The Balaban J connectivity index is 2.62. The fourth-order valence-electron chi connectivity index (χ4n) is 1.96. The van der Waals surface area contributed by atoms with Gasteiger partial charge in [-0.15, -0.1) is 6.58 Å². The summed E-state index contributed by atoms with van der Waals surface area (Å²) in [7, 11) is 0. The second kappa shape index (κ2) is 6.49. The van der Waals surface area contributed by atoms with Crippen LogP contribution in [0.1, 0.15) is 38.8 Å². The Morgan fingerprint density at radius 2 is 1.88 bits per heavy atom. The molecule has 1 aromatic carbocycles. The van der Waals surface area contributed by atoms with E-state index in [1.54, 1.807) is 0 Å². The van der Waals surface area contributed by atoms with E-state index in [0.717, 1.165) is 6.42 Å². The Morgan fingerprint density at radius 1 is 1.25 bits per heavy atom. The fraction of sp³-hybridized carbons (Fsp3) is 0.467. The number of rotatable bonds is 6. The van der Waals surface area contributed by atoms with E-state index in [0.29, 0.717) is 18.0 Å². The molecule has 1 aromatic rings. The second-order valence-electron chi connectivity index (χ2n) is 4.41. The van der Waals surface area contributed by atoms with E-state index in [2.05, 4.69) is 63.0 Å². The van der Waals surface area contributed by atoms with Crippen LogP contribution in [0.3, 0.4) is 0 Å². The Kier molecular flexibility index (Phi) is 5.27. The fourth-order valence-corrected chi connectivity index (χ4v) is 1.96. The predicted molar refractivity (Wildman–Crippen MR) is 71.4 cm³/mol. The molecule has 1 nitrogen and oxygen atoms in total. The summed E-state index contributed by atoms with van der Waals surface area (Å²) in [5.74, 6) is 0.510. The van der Waals surface area contributed by atoms with Gasteiger partial charge >= 0.3 is 0 Å². The predicted octanol–water partition coefficient (Wildman–Crippen LogP) is 3.94. The van der Waals surface area contributed by atoms with Crippen LogP contribution < -0.4 is 5.32 Å². The van der Waals surface area contributed by atoms with Gasteiger partial charge in [-0.25, -0.2) is 0 Å². The summed E-state index contributed by atoms with van der Waals surface area (Å²) >= 11 is 0. The van der Waals surface area contributed by atoms with Crippen LogP contribution in [0.25, 0.3) is 0 Å². The SMILES string of the molecule is C=C[C@H](C)[C@@H](CC)N[C@H](C)c1ccccc1. The first-order valence-corrected chi connectivity index (χ1v) is 6.12. The van der Waals surface area contributed by atoms with E-state index in [1.165, 1.54) is 5.56 Å². The Morgan fingerprint density at radius 3 is 2.38 bits per heavy atom. The molecule has 1 rings (SSSR count). The molecule has 88 valence electrons. The first-order chi connectivity index (χ1) is 7.69. The lowest BCUT2D eigenvalue weighted by molar-refractivity contribution is 0.379. The van der Waals surface area contributed by atoms with Crippen molar-refractivity contribution < 1.29 is 0 Å². The van der Waals surface area contributed by atoms with Crippen LogP contribution in [0.2, 0.25) is 0 Å².